The van der Waals surface area contributed by atoms with Crippen LogP contribution in [0.15, 0.2) is 108 Å². The topological polar surface area (TPSA) is 86.8 Å². The molecule has 0 bridgehead atoms. The van der Waals surface area contributed by atoms with Crippen molar-refractivity contribution in [3.63, 3.8) is 0 Å². The van der Waals surface area contributed by atoms with Crippen LogP contribution in [0, 0.1) is 19.7 Å². The van der Waals surface area contributed by atoms with E-state index in [1.54, 1.807) is 54.6 Å². The summed E-state index contributed by atoms with van der Waals surface area (Å²) in [7, 11) is -4.21. The molecule has 0 saturated heterocycles. The predicted molar refractivity (Wildman–Crippen MR) is 171 cm³/mol. The highest BCUT2D eigenvalue weighted by molar-refractivity contribution is 7.92. The zero-order chi connectivity index (χ0) is 31.9. The van der Waals surface area contributed by atoms with Gasteiger partial charge in [0.1, 0.15) is 18.4 Å². The average molecular weight is 616 g/mol. The van der Waals surface area contributed by atoms with Gasteiger partial charge in [-0.05, 0) is 63.6 Å². The maximum atomic E-state index is 15.0. The SMILES string of the molecule is Cc1ccc(N(CC(=O)N(Cc2ccccc2F)[C@H](Cc2ccccc2)C(=O)NC(C)C)S(=O)(=O)c2ccc(C)cc2)cc1. The van der Waals surface area contributed by atoms with Crippen LogP contribution in [0.3, 0.4) is 0 Å². The lowest BCUT2D eigenvalue weighted by Crippen LogP contribution is -2.54. The number of aryl methyl sites for hydroxylation is 2. The molecule has 1 atom stereocenters. The zero-order valence-corrected chi connectivity index (χ0v) is 26.2. The van der Waals surface area contributed by atoms with E-state index in [2.05, 4.69) is 5.32 Å². The number of halogens is 1. The summed E-state index contributed by atoms with van der Waals surface area (Å²) in [6, 6.07) is 27.2. The molecule has 0 radical (unpaired) electrons. The molecule has 0 aromatic heterocycles. The second kappa shape index (κ2) is 14.3. The number of rotatable bonds is 12. The van der Waals surface area contributed by atoms with Gasteiger partial charge < -0.3 is 10.2 Å². The number of nitrogens with zero attached hydrogens (tertiary/aromatic N) is 2. The molecule has 9 heteroatoms. The number of benzene rings is 4. The highest BCUT2D eigenvalue weighted by Crippen LogP contribution is 2.26. The standard InChI is InChI=1S/C35H38FN3O4S/c1-25(2)37-35(41)33(22-28-10-6-5-7-11-28)38(23-29-12-8-9-13-32(29)36)34(40)24-39(30-18-14-26(3)15-19-30)44(42,43)31-20-16-27(4)17-21-31/h5-21,25,33H,22-24H2,1-4H3,(H,37,41)/t33-/m1/s1. The minimum absolute atomic E-state index is 0.0236. The molecular weight excluding hydrogens is 577 g/mol. The third-order valence-electron chi connectivity index (χ3n) is 7.21. The zero-order valence-electron chi connectivity index (χ0n) is 25.4. The second-order valence-corrected chi connectivity index (χ2v) is 13.0. The van der Waals surface area contributed by atoms with Gasteiger partial charge in [0.05, 0.1) is 10.6 Å². The number of nitrogens with one attached hydrogen (secondary N) is 1. The van der Waals surface area contributed by atoms with Gasteiger partial charge in [-0.2, -0.15) is 0 Å². The van der Waals surface area contributed by atoms with E-state index in [1.807, 2.05) is 58.0 Å². The molecule has 4 aromatic carbocycles. The molecule has 1 N–H and O–H groups in total. The normalized spacial score (nSPS) is 12.0. The van der Waals surface area contributed by atoms with E-state index in [0.717, 1.165) is 21.0 Å². The molecule has 0 spiro atoms. The van der Waals surface area contributed by atoms with E-state index in [-0.39, 0.29) is 29.5 Å². The minimum atomic E-state index is -4.21. The van der Waals surface area contributed by atoms with Gasteiger partial charge in [0.2, 0.25) is 11.8 Å². The first-order chi connectivity index (χ1) is 21.0. The van der Waals surface area contributed by atoms with Gasteiger partial charge in [-0.1, -0.05) is 83.9 Å². The van der Waals surface area contributed by atoms with Gasteiger partial charge in [0.15, 0.2) is 0 Å². The Morgan fingerprint density at radius 2 is 1.36 bits per heavy atom. The van der Waals surface area contributed by atoms with Crippen LogP contribution in [0.4, 0.5) is 10.1 Å². The average Bonchev–Trinajstić information content (AvgIpc) is 2.99. The molecule has 0 heterocycles. The van der Waals surface area contributed by atoms with Crippen molar-refractivity contribution < 1.29 is 22.4 Å². The van der Waals surface area contributed by atoms with E-state index < -0.39 is 40.2 Å². The molecule has 0 aliphatic heterocycles. The van der Waals surface area contributed by atoms with Gasteiger partial charge in [-0.25, -0.2) is 12.8 Å². The molecule has 4 rings (SSSR count). The molecule has 0 aliphatic carbocycles. The summed E-state index contributed by atoms with van der Waals surface area (Å²) < 4.78 is 44.1. The lowest BCUT2D eigenvalue weighted by Gasteiger charge is -2.34. The molecule has 0 saturated carbocycles. The highest BCUT2D eigenvalue weighted by atomic mass is 32.2. The Hall–Kier alpha value is -4.50. The Balaban J connectivity index is 1.81. The number of sulfonamides is 1. The molecule has 0 unspecified atom stereocenters. The molecule has 44 heavy (non-hydrogen) atoms. The summed E-state index contributed by atoms with van der Waals surface area (Å²) in [6.07, 6.45) is 0.148. The third-order valence-corrected chi connectivity index (χ3v) is 9.00. The first-order valence-corrected chi connectivity index (χ1v) is 15.9. The van der Waals surface area contributed by atoms with Crippen molar-refractivity contribution in [1.29, 1.82) is 0 Å². The maximum absolute atomic E-state index is 15.0. The van der Waals surface area contributed by atoms with E-state index in [4.69, 9.17) is 0 Å². The van der Waals surface area contributed by atoms with Crippen molar-refractivity contribution in [3.05, 3.63) is 131 Å². The van der Waals surface area contributed by atoms with Crippen molar-refractivity contribution in [3.8, 4) is 0 Å². The van der Waals surface area contributed by atoms with Crippen molar-refractivity contribution in [2.24, 2.45) is 0 Å². The molecule has 230 valence electrons. The van der Waals surface area contributed by atoms with Crippen LogP contribution in [0.5, 0.6) is 0 Å². The molecule has 7 nitrogen and oxygen atoms in total. The second-order valence-electron chi connectivity index (χ2n) is 11.1. The molecule has 2 amide bonds. The molecular formula is C35H38FN3O4S. The first-order valence-electron chi connectivity index (χ1n) is 14.5. The Morgan fingerprint density at radius 3 is 1.95 bits per heavy atom. The van der Waals surface area contributed by atoms with Crippen LogP contribution < -0.4 is 9.62 Å². The van der Waals surface area contributed by atoms with Crippen LogP contribution >= 0.6 is 0 Å². The molecule has 0 fully saturated rings. The number of hydrogen-bond acceptors (Lipinski definition) is 4. The number of anilines is 1. The summed E-state index contributed by atoms with van der Waals surface area (Å²) >= 11 is 0. The molecule has 0 aliphatic rings. The van der Waals surface area contributed by atoms with Crippen LogP contribution in [0.1, 0.15) is 36.1 Å². The van der Waals surface area contributed by atoms with Crippen molar-refractivity contribution in [2.75, 3.05) is 10.8 Å². The van der Waals surface area contributed by atoms with Crippen molar-refractivity contribution in [1.82, 2.24) is 10.2 Å². The number of carbonyl (C=O) groups excluding carboxylic acids is 2. The monoisotopic (exact) mass is 615 g/mol. The summed E-state index contributed by atoms with van der Waals surface area (Å²) in [4.78, 5) is 29.4. The van der Waals surface area contributed by atoms with Gasteiger partial charge >= 0.3 is 0 Å². The summed E-state index contributed by atoms with van der Waals surface area (Å²) in [5, 5.41) is 2.89. The van der Waals surface area contributed by atoms with E-state index >= 15 is 0 Å². The fraction of sp³-hybridized carbons (Fsp3) is 0.257. The van der Waals surface area contributed by atoms with Crippen LogP contribution in [-0.2, 0) is 32.6 Å². The minimum Gasteiger partial charge on any atom is -0.352 e. The number of amides is 2. The van der Waals surface area contributed by atoms with E-state index in [0.29, 0.717) is 5.69 Å². The van der Waals surface area contributed by atoms with Crippen molar-refractivity contribution in [2.45, 2.75) is 57.6 Å². The Kier molecular flexibility index (Phi) is 10.5. The van der Waals surface area contributed by atoms with Crippen molar-refractivity contribution >= 4 is 27.5 Å². The van der Waals surface area contributed by atoms with Gasteiger partial charge in [-0.3, -0.25) is 13.9 Å². The van der Waals surface area contributed by atoms with E-state index in [9.17, 15) is 22.4 Å². The summed E-state index contributed by atoms with van der Waals surface area (Å²) in [5.41, 5.74) is 3.10. The van der Waals surface area contributed by atoms with Gasteiger partial charge in [0.25, 0.3) is 10.0 Å². The van der Waals surface area contributed by atoms with Gasteiger partial charge in [0, 0.05) is 24.6 Å². The Labute approximate surface area is 259 Å². The quantitative estimate of drug-likeness (QED) is 0.218. The number of hydrogen-bond donors (Lipinski definition) is 1. The van der Waals surface area contributed by atoms with Crippen LogP contribution in [-0.4, -0.2) is 43.8 Å². The maximum Gasteiger partial charge on any atom is 0.264 e. The first kappa shape index (κ1) is 32.4. The van der Waals surface area contributed by atoms with Gasteiger partial charge in [-0.15, -0.1) is 0 Å². The largest absolute Gasteiger partial charge is 0.352 e. The third kappa shape index (κ3) is 8.11. The predicted octanol–water partition coefficient (Wildman–Crippen LogP) is 5.80. The Morgan fingerprint density at radius 1 is 0.795 bits per heavy atom. The van der Waals surface area contributed by atoms with Crippen LogP contribution in [0.25, 0.3) is 0 Å². The molecule has 4 aromatic rings. The number of carbonyl (C=O) groups is 2. The smallest absolute Gasteiger partial charge is 0.264 e. The van der Waals surface area contributed by atoms with E-state index in [1.165, 1.54) is 23.1 Å². The van der Waals surface area contributed by atoms with Crippen LogP contribution in [0.2, 0.25) is 0 Å². The highest BCUT2D eigenvalue weighted by Gasteiger charge is 2.35. The lowest BCUT2D eigenvalue weighted by molar-refractivity contribution is -0.140. The Bertz CT molecular complexity index is 1680. The fourth-order valence-electron chi connectivity index (χ4n) is 4.82. The summed E-state index contributed by atoms with van der Waals surface area (Å²) in [6.45, 7) is 6.52. The summed E-state index contributed by atoms with van der Waals surface area (Å²) in [5.74, 6) is -1.60. The fourth-order valence-corrected chi connectivity index (χ4v) is 6.24. The lowest BCUT2D eigenvalue weighted by atomic mass is 10.0.